The van der Waals surface area contributed by atoms with Gasteiger partial charge in [0.2, 0.25) is 0 Å². The average Bonchev–Trinajstić information content (AvgIpc) is 3.08. The van der Waals surface area contributed by atoms with Crippen LogP contribution in [0.25, 0.3) is 6.08 Å². The molecule has 4 nitrogen and oxygen atoms in total. The minimum Gasteiger partial charge on any atom is -0.377 e. The maximum atomic E-state index is 11.1. The van der Waals surface area contributed by atoms with Crippen molar-refractivity contribution in [1.82, 2.24) is 14.5 Å². The summed E-state index contributed by atoms with van der Waals surface area (Å²) in [7, 11) is 0. The Hall–Kier alpha value is -2.43. The number of rotatable bonds is 5. The summed E-state index contributed by atoms with van der Waals surface area (Å²) in [6.45, 7) is 0.327. The molecule has 1 N–H and O–H groups in total. The van der Waals surface area contributed by atoms with Crippen molar-refractivity contribution in [2.75, 3.05) is 0 Å². The minimum atomic E-state index is -1.23. The first kappa shape index (κ1) is 15.5. The number of imidazole rings is 1. The Morgan fingerprint density at radius 1 is 1.13 bits per heavy atom. The molecule has 0 aliphatic carbocycles. The number of hydrogen-bond acceptors (Lipinski definition) is 3. The maximum absolute atomic E-state index is 11.1. The van der Waals surface area contributed by atoms with E-state index in [0.717, 1.165) is 5.56 Å². The summed E-state index contributed by atoms with van der Waals surface area (Å²) in [4.78, 5) is 8.32. The van der Waals surface area contributed by atoms with Gasteiger partial charge in [-0.15, -0.1) is 0 Å². The summed E-state index contributed by atoms with van der Waals surface area (Å²) in [5.41, 5.74) is 0.301. The third-order valence-corrected chi connectivity index (χ3v) is 3.76. The van der Waals surface area contributed by atoms with Gasteiger partial charge < -0.3 is 9.67 Å². The summed E-state index contributed by atoms with van der Waals surface area (Å²) in [6.07, 6.45) is 10.4. The van der Waals surface area contributed by atoms with Crippen molar-refractivity contribution >= 4 is 17.7 Å². The first-order chi connectivity index (χ1) is 11.2. The Bertz CT molecular complexity index is 770. The van der Waals surface area contributed by atoms with Crippen LogP contribution in [0.15, 0.2) is 73.5 Å². The highest BCUT2D eigenvalue weighted by Gasteiger charge is 2.28. The Morgan fingerprint density at radius 3 is 2.61 bits per heavy atom. The quantitative estimate of drug-likeness (QED) is 0.780. The van der Waals surface area contributed by atoms with Crippen LogP contribution >= 0.6 is 11.6 Å². The summed E-state index contributed by atoms with van der Waals surface area (Å²) < 4.78 is 1.82. The van der Waals surface area contributed by atoms with Gasteiger partial charge in [0.25, 0.3) is 0 Å². The van der Waals surface area contributed by atoms with Gasteiger partial charge in [0.05, 0.1) is 18.6 Å². The molecule has 3 aromatic rings. The molecule has 3 rings (SSSR count). The number of aliphatic hydroxyl groups is 1. The number of pyridine rings is 1. The van der Waals surface area contributed by atoms with Gasteiger partial charge in [-0.3, -0.25) is 4.98 Å². The fourth-order valence-corrected chi connectivity index (χ4v) is 2.43. The van der Waals surface area contributed by atoms with Crippen molar-refractivity contribution in [2.24, 2.45) is 0 Å². The lowest BCUT2D eigenvalue weighted by Crippen LogP contribution is -2.29. The molecule has 2 heterocycles. The molecule has 0 saturated heterocycles. The zero-order valence-electron chi connectivity index (χ0n) is 12.4. The second-order valence-electron chi connectivity index (χ2n) is 5.26. The predicted molar refractivity (Wildman–Crippen MR) is 90.8 cm³/mol. The molecule has 0 spiro atoms. The van der Waals surface area contributed by atoms with E-state index in [0.29, 0.717) is 17.3 Å². The maximum Gasteiger partial charge on any atom is 0.143 e. The van der Waals surface area contributed by atoms with Crippen LogP contribution in [0.5, 0.6) is 0 Å². The third kappa shape index (κ3) is 3.86. The predicted octanol–water partition coefficient (Wildman–Crippen LogP) is 3.53. The number of hydrogen-bond donors (Lipinski definition) is 1. The Labute approximate surface area is 139 Å². The number of aromatic nitrogens is 3. The lowest BCUT2D eigenvalue weighted by molar-refractivity contribution is 0.0659. The first-order valence-electron chi connectivity index (χ1n) is 7.20. The summed E-state index contributed by atoms with van der Waals surface area (Å²) in [5.74, 6) is 0. The molecule has 5 heteroatoms. The summed E-state index contributed by atoms with van der Waals surface area (Å²) in [6, 6.07) is 12.9. The zero-order valence-corrected chi connectivity index (χ0v) is 13.1. The number of benzene rings is 1. The van der Waals surface area contributed by atoms with Gasteiger partial charge in [0.1, 0.15) is 5.60 Å². The Morgan fingerprint density at radius 2 is 1.96 bits per heavy atom. The van der Waals surface area contributed by atoms with Gasteiger partial charge >= 0.3 is 0 Å². The van der Waals surface area contributed by atoms with E-state index in [1.165, 1.54) is 0 Å². The third-order valence-electron chi connectivity index (χ3n) is 3.51. The van der Waals surface area contributed by atoms with Crippen LogP contribution in [0.3, 0.4) is 0 Å². The van der Waals surface area contributed by atoms with E-state index in [2.05, 4.69) is 9.97 Å². The molecule has 0 bridgehead atoms. The lowest BCUT2D eigenvalue weighted by atomic mass is 9.97. The van der Waals surface area contributed by atoms with Gasteiger partial charge in [-0.25, -0.2) is 4.98 Å². The number of halogens is 1. The van der Waals surface area contributed by atoms with E-state index in [1.807, 2.05) is 59.3 Å². The van der Waals surface area contributed by atoms with Crippen LogP contribution in [-0.2, 0) is 12.1 Å². The van der Waals surface area contributed by atoms with Gasteiger partial charge in [-0.2, -0.15) is 0 Å². The van der Waals surface area contributed by atoms with E-state index < -0.39 is 5.60 Å². The molecule has 1 aromatic carbocycles. The second kappa shape index (κ2) is 6.77. The fraction of sp³-hybridized carbons (Fsp3) is 0.111. The molecule has 0 fully saturated rings. The highest BCUT2D eigenvalue weighted by molar-refractivity contribution is 6.30. The van der Waals surface area contributed by atoms with Crippen LogP contribution in [0.1, 0.15) is 11.3 Å². The molecular weight excluding hydrogens is 310 g/mol. The minimum absolute atomic E-state index is 0.327. The molecular formula is C18H16ClN3O. The highest BCUT2D eigenvalue weighted by atomic mass is 35.5. The molecule has 2 aromatic heterocycles. The van der Waals surface area contributed by atoms with E-state index in [1.54, 1.807) is 24.8 Å². The van der Waals surface area contributed by atoms with Crippen LogP contribution < -0.4 is 0 Å². The molecule has 0 radical (unpaired) electrons. The largest absolute Gasteiger partial charge is 0.377 e. The van der Waals surface area contributed by atoms with E-state index >= 15 is 0 Å². The average molecular weight is 326 g/mol. The van der Waals surface area contributed by atoms with Crippen molar-refractivity contribution in [3.63, 3.8) is 0 Å². The molecule has 1 atom stereocenters. The van der Waals surface area contributed by atoms with Crippen LogP contribution in [-0.4, -0.2) is 19.6 Å². The van der Waals surface area contributed by atoms with Gasteiger partial charge in [-0.1, -0.05) is 35.9 Å². The SMILES string of the molecule is OC(/C=C/c1ccc(Cl)cc1)(Cn1ccnc1)c1ccccn1. The molecule has 0 aliphatic rings. The topological polar surface area (TPSA) is 50.9 Å². The molecule has 0 aliphatic heterocycles. The Balaban J connectivity index is 1.93. The van der Waals surface area contributed by atoms with E-state index in [-0.39, 0.29) is 0 Å². The van der Waals surface area contributed by atoms with Crippen LogP contribution in [0, 0.1) is 0 Å². The van der Waals surface area contributed by atoms with Gasteiger partial charge in [0.15, 0.2) is 0 Å². The van der Waals surface area contributed by atoms with E-state index in [9.17, 15) is 5.11 Å². The van der Waals surface area contributed by atoms with Gasteiger partial charge in [-0.05, 0) is 35.9 Å². The summed E-state index contributed by atoms with van der Waals surface area (Å²) >= 11 is 5.90. The zero-order chi connectivity index (χ0) is 16.1. The monoisotopic (exact) mass is 325 g/mol. The normalized spacial score (nSPS) is 14.0. The van der Waals surface area contributed by atoms with Crippen molar-refractivity contribution < 1.29 is 5.11 Å². The highest BCUT2D eigenvalue weighted by Crippen LogP contribution is 2.24. The fourth-order valence-electron chi connectivity index (χ4n) is 2.30. The molecule has 0 amide bonds. The molecule has 116 valence electrons. The molecule has 23 heavy (non-hydrogen) atoms. The molecule has 1 unspecified atom stereocenters. The number of nitrogens with zero attached hydrogens (tertiary/aromatic N) is 3. The smallest absolute Gasteiger partial charge is 0.143 e. The van der Waals surface area contributed by atoms with Crippen molar-refractivity contribution in [3.05, 3.63) is 89.7 Å². The molecule has 0 saturated carbocycles. The van der Waals surface area contributed by atoms with Crippen molar-refractivity contribution in [3.8, 4) is 0 Å². The van der Waals surface area contributed by atoms with E-state index in [4.69, 9.17) is 11.6 Å². The second-order valence-corrected chi connectivity index (χ2v) is 5.70. The van der Waals surface area contributed by atoms with Crippen molar-refractivity contribution in [1.29, 1.82) is 0 Å². The van der Waals surface area contributed by atoms with Crippen LogP contribution in [0.4, 0.5) is 0 Å². The van der Waals surface area contributed by atoms with Crippen LogP contribution in [0.2, 0.25) is 5.02 Å². The Kier molecular flexibility index (Phi) is 4.55. The lowest BCUT2D eigenvalue weighted by Gasteiger charge is -2.24. The van der Waals surface area contributed by atoms with Gasteiger partial charge in [0, 0.05) is 23.6 Å². The standard InChI is InChI=1S/C18H16ClN3O/c19-16-6-4-15(5-7-16)8-9-18(23,13-22-12-11-20-14-22)17-3-1-2-10-21-17/h1-12,14,23H,13H2/b9-8+. The summed E-state index contributed by atoms with van der Waals surface area (Å²) in [5, 5.41) is 11.8. The van der Waals surface area contributed by atoms with Crippen molar-refractivity contribution in [2.45, 2.75) is 12.1 Å². The first-order valence-corrected chi connectivity index (χ1v) is 7.58.